The molecule has 0 aliphatic carbocycles. The number of benzene rings is 2. The van der Waals surface area contributed by atoms with Crippen LogP contribution in [0, 0.1) is 0 Å². The Hall–Kier alpha value is -3.31. The van der Waals surface area contributed by atoms with E-state index in [0.717, 1.165) is 27.8 Å². The number of para-hydroxylation sites is 2. The Morgan fingerprint density at radius 3 is 2.52 bits per heavy atom. The molecule has 0 spiro atoms. The Kier molecular flexibility index (Phi) is 4.66. The smallest absolute Gasteiger partial charge is 0.199 e. The van der Waals surface area contributed by atoms with E-state index in [2.05, 4.69) is 15.6 Å². The van der Waals surface area contributed by atoms with E-state index in [-0.39, 0.29) is 5.43 Å². The highest BCUT2D eigenvalue weighted by Crippen LogP contribution is 2.35. The van der Waals surface area contributed by atoms with Crippen molar-refractivity contribution in [2.75, 3.05) is 12.4 Å². The highest BCUT2D eigenvalue weighted by atomic mass is 32.2. The first-order chi connectivity index (χ1) is 14.3. The maximum absolute atomic E-state index is 13.4. The molecule has 142 valence electrons. The number of pyridine rings is 2. The molecule has 3 heterocycles. The van der Waals surface area contributed by atoms with Crippen LogP contribution in [-0.4, -0.2) is 21.9 Å². The van der Waals surface area contributed by atoms with Crippen molar-refractivity contribution in [2.24, 2.45) is 0 Å². The molecule has 0 N–H and O–H groups in total. The molecule has 0 unspecified atom stereocenters. The second-order valence-electron chi connectivity index (χ2n) is 6.70. The van der Waals surface area contributed by atoms with Crippen LogP contribution in [0.2, 0.25) is 0 Å². The van der Waals surface area contributed by atoms with Gasteiger partial charge in [-0.25, -0.2) is 4.98 Å². The van der Waals surface area contributed by atoms with Gasteiger partial charge in [0.15, 0.2) is 5.43 Å². The van der Waals surface area contributed by atoms with Gasteiger partial charge in [0.05, 0.1) is 16.0 Å². The summed E-state index contributed by atoms with van der Waals surface area (Å²) in [5.74, 6) is 1.57. The fraction of sp³-hybridized carbons (Fsp3) is 0.0833. The van der Waals surface area contributed by atoms with Crippen LogP contribution in [0.15, 0.2) is 94.9 Å². The molecule has 0 radical (unpaired) electrons. The number of hydrogen-bond acceptors (Lipinski definition) is 4. The standard InChI is InChI=1S/C24H18N2O2S/c27-22-20-12-7-14-25-23(20)26(18-8-3-1-4-9-18)24-21(22)17(13-15-29-24)16-28-19-10-5-2-6-11-19/h1-14H,15-16H2. The van der Waals surface area contributed by atoms with E-state index >= 15 is 0 Å². The largest absolute Gasteiger partial charge is 0.489 e. The van der Waals surface area contributed by atoms with Crippen LogP contribution in [-0.2, 0) is 0 Å². The maximum atomic E-state index is 13.4. The normalized spacial score (nSPS) is 13.0. The first-order valence-electron chi connectivity index (χ1n) is 9.42. The van der Waals surface area contributed by atoms with Crippen LogP contribution in [0.5, 0.6) is 5.75 Å². The number of nitrogens with zero attached hydrogens (tertiary/aromatic N) is 2. The maximum Gasteiger partial charge on any atom is 0.199 e. The van der Waals surface area contributed by atoms with Crippen molar-refractivity contribution in [3.8, 4) is 11.4 Å². The van der Waals surface area contributed by atoms with E-state index in [1.165, 1.54) is 0 Å². The summed E-state index contributed by atoms with van der Waals surface area (Å²) >= 11 is 1.66. The quantitative estimate of drug-likeness (QED) is 0.488. The van der Waals surface area contributed by atoms with Gasteiger partial charge in [-0.1, -0.05) is 42.5 Å². The molecule has 1 aliphatic heterocycles. The third-order valence-electron chi connectivity index (χ3n) is 4.91. The summed E-state index contributed by atoms with van der Waals surface area (Å²) in [6, 6.07) is 23.4. The van der Waals surface area contributed by atoms with Gasteiger partial charge in [0.1, 0.15) is 18.0 Å². The summed E-state index contributed by atoms with van der Waals surface area (Å²) in [6.45, 7) is 0.355. The first kappa shape index (κ1) is 17.8. The number of fused-ring (bicyclic) bond motifs is 2. The van der Waals surface area contributed by atoms with Gasteiger partial charge in [0.2, 0.25) is 0 Å². The van der Waals surface area contributed by atoms with E-state index in [9.17, 15) is 4.79 Å². The van der Waals surface area contributed by atoms with Crippen LogP contribution in [0.25, 0.3) is 22.3 Å². The van der Waals surface area contributed by atoms with Crippen LogP contribution in [0.1, 0.15) is 5.56 Å². The number of ether oxygens (including phenoxy) is 1. The number of rotatable bonds is 4. The minimum absolute atomic E-state index is 0.00499. The monoisotopic (exact) mass is 398 g/mol. The molecule has 0 amide bonds. The minimum Gasteiger partial charge on any atom is -0.489 e. The molecule has 5 rings (SSSR count). The van der Waals surface area contributed by atoms with Gasteiger partial charge in [0, 0.05) is 17.6 Å². The van der Waals surface area contributed by atoms with Crippen molar-refractivity contribution >= 4 is 28.4 Å². The lowest BCUT2D eigenvalue weighted by Gasteiger charge is -2.23. The molecule has 0 atom stereocenters. The average Bonchev–Trinajstić information content (AvgIpc) is 2.79. The Labute approximate surface area is 172 Å². The third kappa shape index (κ3) is 3.23. The Morgan fingerprint density at radius 1 is 0.966 bits per heavy atom. The van der Waals surface area contributed by atoms with Crippen LogP contribution in [0.4, 0.5) is 0 Å². The highest BCUT2D eigenvalue weighted by molar-refractivity contribution is 7.99. The molecule has 0 bridgehead atoms. The van der Waals surface area contributed by atoms with Gasteiger partial charge >= 0.3 is 0 Å². The van der Waals surface area contributed by atoms with Crippen molar-refractivity contribution in [3.63, 3.8) is 0 Å². The lowest BCUT2D eigenvalue weighted by Crippen LogP contribution is -2.21. The fourth-order valence-electron chi connectivity index (χ4n) is 3.56. The van der Waals surface area contributed by atoms with Crippen molar-refractivity contribution in [3.05, 3.63) is 101 Å². The molecular weight excluding hydrogens is 380 g/mol. The van der Waals surface area contributed by atoms with Gasteiger partial charge in [-0.3, -0.25) is 9.36 Å². The summed E-state index contributed by atoms with van der Waals surface area (Å²) in [7, 11) is 0. The zero-order valence-corrected chi connectivity index (χ0v) is 16.4. The van der Waals surface area contributed by atoms with Gasteiger partial charge in [-0.15, -0.1) is 11.8 Å². The molecule has 0 saturated carbocycles. The second-order valence-corrected chi connectivity index (χ2v) is 7.71. The zero-order chi connectivity index (χ0) is 19.6. The SMILES string of the molecule is O=c1c2c(n(-c3ccccc3)c3ncccc13)SCC=C2COc1ccccc1. The Bertz CT molecular complexity index is 1260. The van der Waals surface area contributed by atoms with E-state index in [0.29, 0.717) is 23.2 Å². The molecular formula is C24H18N2O2S. The van der Waals surface area contributed by atoms with Crippen molar-refractivity contribution in [1.82, 2.24) is 9.55 Å². The van der Waals surface area contributed by atoms with Crippen LogP contribution in [0.3, 0.4) is 0 Å². The summed E-state index contributed by atoms with van der Waals surface area (Å²) in [5.41, 5.74) is 3.31. The van der Waals surface area contributed by atoms with Gasteiger partial charge in [-0.05, 0) is 42.0 Å². The molecule has 2 aromatic heterocycles. The summed E-state index contributed by atoms with van der Waals surface area (Å²) in [6.07, 6.45) is 3.82. The van der Waals surface area contributed by atoms with E-state index < -0.39 is 0 Å². The van der Waals surface area contributed by atoms with Crippen LogP contribution >= 0.6 is 11.8 Å². The van der Waals surface area contributed by atoms with E-state index in [1.54, 1.807) is 18.0 Å². The summed E-state index contributed by atoms with van der Waals surface area (Å²) < 4.78 is 8.06. The summed E-state index contributed by atoms with van der Waals surface area (Å²) in [5, 5.41) is 1.53. The third-order valence-corrected chi connectivity index (χ3v) is 5.90. The number of hydrogen-bond donors (Lipinski definition) is 0. The lowest BCUT2D eigenvalue weighted by molar-refractivity contribution is 0.369. The number of aromatic nitrogens is 2. The molecule has 29 heavy (non-hydrogen) atoms. The topological polar surface area (TPSA) is 44.1 Å². The van der Waals surface area contributed by atoms with Gasteiger partial charge < -0.3 is 4.74 Å². The molecule has 4 aromatic rings. The second kappa shape index (κ2) is 7.60. The minimum atomic E-state index is 0.00499. The van der Waals surface area contributed by atoms with Crippen molar-refractivity contribution in [1.29, 1.82) is 0 Å². The average molecular weight is 398 g/mol. The molecule has 0 fully saturated rings. The van der Waals surface area contributed by atoms with E-state index in [1.807, 2.05) is 72.8 Å². The zero-order valence-electron chi connectivity index (χ0n) is 15.6. The number of thioether (sulfide) groups is 1. The Balaban J connectivity index is 1.69. The lowest BCUT2D eigenvalue weighted by atomic mass is 10.0. The molecule has 2 aromatic carbocycles. The van der Waals surface area contributed by atoms with Gasteiger partial charge in [-0.2, -0.15) is 0 Å². The highest BCUT2D eigenvalue weighted by Gasteiger charge is 2.24. The first-order valence-corrected chi connectivity index (χ1v) is 10.4. The van der Waals surface area contributed by atoms with E-state index in [4.69, 9.17) is 4.74 Å². The van der Waals surface area contributed by atoms with Crippen molar-refractivity contribution in [2.45, 2.75) is 5.03 Å². The molecule has 4 nitrogen and oxygen atoms in total. The predicted octanol–water partition coefficient (Wildman–Crippen LogP) is 4.95. The molecule has 1 aliphatic rings. The van der Waals surface area contributed by atoms with Crippen molar-refractivity contribution < 1.29 is 4.74 Å². The molecule has 5 heteroatoms. The predicted molar refractivity (Wildman–Crippen MR) is 118 cm³/mol. The van der Waals surface area contributed by atoms with Gasteiger partial charge in [0.25, 0.3) is 0 Å². The fourth-order valence-corrected chi connectivity index (χ4v) is 4.69. The molecule has 0 saturated heterocycles. The van der Waals surface area contributed by atoms with Crippen LogP contribution < -0.4 is 10.2 Å². The summed E-state index contributed by atoms with van der Waals surface area (Å²) in [4.78, 5) is 18.0. The Morgan fingerprint density at radius 2 is 1.72 bits per heavy atom.